The maximum Gasteiger partial charge on any atom is 0.255 e. The van der Waals surface area contributed by atoms with Crippen molar-refractivity contribution >= 4 is 17.5 Å². The van der Waals surface area contributed by atoms with E-state index in [1.54, 1.807) is 18.5 Å². The molecule has 3 rings (SSSR count). The van der Waals surface area contributed by atoms with E-state index in [0.29, 0.717) is 10.8 Å². The van der Waals surface area contributed by atoms with Gasteiger partial charge in [0.2, 0.25) is 0 Å². The Hall–Kier alpha value is -2.05. The largest absolute Gasteiger partial charge is 0.483 e. The highest BCUT2D eigenvalue weighted by Crippen LogP contribution is 2.34. The molecule has 1 aromatic carbocycles. The molecule has 0 bridgehead atoms. The first-order valence-corrected chi connectivity index (χ1v) is 6.99. The average Bonchev–Trinajstić information content (AvgIpc) is 2.94. The predicted molar refractivity (Wildman–Crippen MR) is 78.3 cm³/mol. The summed E-state index contributed by atoms with van der Waals surface area (Å²) in [5, 5.41) is 3.99. The normalized spacial score (nSPS) is 17.3. The fourth-order valence-corrected chi connectivity index (χ4v) is 2.68. The Labute approximate surface area is 126 Å². The summed E-state index contributed by atoms with van der Waals surface area (Å²) in [5.74, 6) is 0.0551. The number of carbonyl (C=O) groups is 1. The van der Waals surface area contributed by atoms with Crippen molar-refractivity contribution < 1.29 is 9.53 Å². The van der Waals surface area contributed by atoms with Crippen molar-refractivity contribution in [3.63, 3.8) is 0 Å². The molecule has 1 aromatic heterocycles. The fourth-order valence-electron chi connectivity index (χ4n) is 2.50. The number of nitrogens with one attached hydrogen (secondary N) is 2. The predicted octanol–water partition coefficient (Wildman–Crippen LogP) is 1.16. The lowest BCUT2D eigenvalue weighted by atomic mass is 9.97. The van der Waals surface area contributed by atoms with Gasteiger partial charge < -0.3 is 20.8 Å². The second-order valence-corrected chi connectivity index (χ2v) is 5.28. The van der Waals surface area contributed by atoms with Crippen LogP contribution < -0.4 is 15.8 Å². The quantitative estimate of drug-likeness (QED) is 0.790. The highest BCUT2D eigenvalue weighted by molar-refractivity contribution is 6.30. The van der Waals surface area contributed by atoms with E-state index in [9.17, 15) is 4.79 Å². The van der Waals surface area contributed by atoms with E-state index in [-0.39, 0.29) is 12.6 Å². The average molecular weight is 307 g/mol. The molecule has 0 saturated heterocycles. The number of amides is 1. The Morgan fingerprint density at radius 3 is 3.19 bits per heavy atom. The molecule has 4 N–H and O–H groups in total. The van der Waals surface area contributed by atoms with Crippen molar-refractivity contribution in [2.75, 3.05) is 13.2 Å². The van der Waals surface area contributed by atoms with Crippen LogP contribution in [-0.2, 0) is 11.2 Å². The van der Waals surface area contributed by atoms with Crippen molar-refractivity contribution in [1.29, 1.82) is 0 Å². The van der Waals surface area contributed by atoms with E-state index in [0.717, 1.165) is 29.9 Å². The first kappa shape index (κ1) is 13.9. The van der Waals surface area contributed by atoms with Crippen LogP contribution in [0.3, 0.4) is 0 Å². The second-order valence-electron chi connectivity index (χ2n) is 4.84. The van der Waals surface area contributed by atoms with Crippen LogP contribution in [0.4, 0.5) is 0 Å². The van der Waals surface area contributed by atoms with Gasteiger partial charge in [-0.15, -0.1) is 0 Å². The van der Waals surface area contributed by atoms with Crippen molar-refractivity contribution in [1.82, 2.24) is 15.3 Å². The van der Waals surface area contributed by atoms with Gasteiger partial charge in [-0.25, -0.2) is 4.98 Å². The van der Waals surface area contributed by atoms with Gasteiger partial charge >= 0.3 is 0 Å². The van der Waals surface area contributed by atoms with Crippen molar-refractivity contribution in [2.24, 2.45) is 5.73 Å². The number of primary amides is 1. The smallest absolute Gasteiger partial charge is 0.255 e. The van der Waals surface area contributed by atoms with Gasteiger partial charge in [0.15, 0.2) is 6.61 Å². The zero-order chi connectivity index (χ0) is 14.8. The SMILES string of the molecule is NC(=O)COc1ccc(Cl)cc1[C@@H]1NCCc2[nH]cnc21. The Bertz CT molecular complexity index is 671. The van der Waals surface area contributed by atoms with Crippen LogP contribution in [0.25, 0.3) is 0 Å². The molecule has 2 heterocycles. The van der Waals surface area contributed by atoms with Crippen LogP contribution in [0.15, 0.2) is 24.5 Å². The summed E-state index contributed by atoms with van der Waals surface area (Å²) in [6, 6.07) is 5.15. The Morgan fingerprint density at radius 2 is 2.38 bits per heavy atom. The van der Waals surface area contributed by atoms with Gasteiger partial charge in [-0.1, -0.05) is 11.6 Å². The van der Waals surface area contributed by atoms with Crippen molar-refractivity contribution in [3.8, 4) is 5.75 Å². The van der Waals surface area contributed by atoms with E-state index in [2.05, 4.69) is 15.3 Å². The first-order valence-electron chi connectivity index (χ1n) is 6.61. The van der Waals surface area contributed by atoms with Crippen molar-refractivity contribution in [2.45, 2.75) is 12.5 Å². The summed E-state index contributed by atoms with van der Waals surface area (Å²) < 4.78 is 5.49. The highest BCUT2D eigenvalue weighted by atomic mass is 35.5. The van der Waals surface area contributed by atoms with Crippen LogP contribution >= 0.6 is 11.6 Å². The number of H-pyrrole nitrogens is 1. The molecule has 1 atom stereocenters. The fraction of sp³-hybridized carbons (Fsp3) is 0.286. The molecule has 2 aromatic rings. The van der Waals surface area contributed by atoms with Crippen LogP contribution in [0.5, 0.6) is 5.75 Å². The number of hydrogen-bond donors (Lipinski definition) is 3. The lowest BCUT2D eigenvalue weighted by molar-refractivity contribution is -0.119. The zero-order valence-electron chi connectivity index (χ0n) is 11.2. The zero-order valence-corrected chi connectivity index (χ0v) is 12.0. The van der Waals surface area contributed by atoms with E-state index in [4.69, 9.17) is 22.1 Å². The number of hydrogen-bond acceptors (Lipinski definition) is 4. The molecule has 0 aliphatic carbocycles. The molecule has 21 heavy (non-hydrogen) atoms. The monoisotopic (exact) mass is 306 g/mol. The molecule has 110 valence electrons. The third kappa shape index (κ3) is 2.86. The Kier molecular flexibility index (Phi) is 3.81. The van der Waals surface area contributed by atoms with E-state index >= 15 is 0 Å². The molecule has 0 fully saturated rings. The summed E-state index contributed by atoms with van der Waals surface area (Å²) >= 11 is 6.10. The highest BCUT2D eigenvalue weighted by Gasteiger charge is 2.26. The number of rotatable bonds is 4. The number of imidazole rings is 1. The van der Waals surface area contributed by atoms with Crippen LogP contribution in [0.2, 0.25) is 5.02 Å². The number of halogens is 1. The van der Waals surface area contributed by atoms with E-state index in [1.165, 1.54) is 0 Å². The Balaban J connectivity index is 1.98. The number of ether oxygens (including phenoxy) is 1. The van der Waals surface area contributed by atoms with Crippen LogP contribution in [0.1, 0.15) is 23.0 Å². The maximum absolute atomic E-state index is 10.9. The van der Waals surface area contributed by atoms with Gasteiger partial charge in [-0.2, -0.15) is 0 Å². The number of fused-ring (bicyclic) bond motifs is 1. The molecule has 7 heteroatoms. The summed E-state index contributed by atoms with van der Waals surface area (Å²) in [5.41, 5.74) is 8.00. The number of nitrogens with two attached hydrogens (primary N) is 1. The second kappa shape index (κ2) is 5.75. The molecule has 6 nitrogen and oxygen atoms in total. The van der Waals surface area contributed by atoms with E-state index in [1.807, 2.05) is 6.07 Å². The van der Waals surface area contributed by atoms with Gasteiger partial charge in [0.05, 0.1) is 18.1 Å². The molecule has 0 spiro atoms. The number of aromatic amines is 1. The molecule has 0 saturated carbocycles. The van der Waals surface area contributed by atoms with E-state index < -0.39 is 5.91 Å². The third-order valence-electron chi connectivity index (χ3n) is 3.40. The number of nitrogens with zero attached hydrogens (tertiary/aromatic N) is 1. The number of aromatic nitrogens is 2. The summed E-state index contributed by atoms with van der Waals surface area (Å²) in [7, 11) is 0. The standard InChI is InChI=1S/C14H15ClN4O2/c15-8-1-2-11(21-6-12(16)20)9(5-8)13-14-10(3-4-17-13)18-7-19-14/h1-2,5,7,13,17H,3-4,6H2,(H2,16,20)(H,18,19)/t13-/m0/s1. The summed E-state index contributed by atoms with van der Waals surface area (Å²) in [4.78, 5) is 18.4. The minimum atomic E-state index is -0.520. The topological polar surface area (TPSA) is 93.0 Å². The molecule has 0 unspecified atom stereocenters. The molecule has 1 aliphatic heterocycles. The van der Waals surface area contributed by atoms with Gasteiger partial charge in [0.1, 0.15) is 5.75 Å². The molecular formula is C14H15ClN4O2. The van der Waals surface area contributed by atoms with Gasteiger partial charge in [-0.05, 0) is 18.2 Å². The molecule has 1 aliphatic rings. The molecular weight excluding hydrogens is 292 g/mol. The van der Waals surface area contributed by atoms with Crippen LogP contribution in [0, 0.1) is 0 Å². The Morgan fingerprint density at radius 1 is 1.52 bits per heavy atom. The van der Waals surface area contributed by atoms with Gasteiger partial charge in [0, 0.05) is 29.2 Å². The molecule has 0 radical (unpaired) electrons. The van der Waals surface area contributed by atoms with Crippen molar-refractivity contribution in [3.05, 3.63) is 46.5 Å². The van der Waals surface area contributed by atoms with Crippen LogP contribution in [-0.4, -0.2) is 29.0 Å². The van der Waals surface area contributed by atoms with Gasteiger partial charge in [-0.3, -0.25) is 4.79 Å². The lowest BCUT2D eigenvalue weighted by Crippen LogP contribution is -2.31. The van der Waals surface area contributed by atoms with Gasteiger partial charge in [0.25, 0.3) is 5.91 Å². The summed E-state index contributed by atoms with van der Waals surface area (Å²) in [6.45, 7) is 0.649. The minimum Gasteiger partial charge on any atom is -0.483 e. The first-order chi connectivity index (χ1) is 10.1. The minimum absolute atomic E-state index is 0.124. The number of carbonyl (C=O) groups excluding carboxylic acids is 1. The number of benzene rings is 1. The summed E-state index contributed by atoms with van der Waals surface area (Å²) in [6.07, 6.45) is 2.57. The lowest BCUT2D eigenvalue weighted by Gasteiger charge is -2.25. The third-order valence-corrected chi connectivity index (χ3v) is 3.64. The molecule has 1 amide bonds. The maximum atomic E-state index is 10.9.